The molecular weight excluding hydrogens is 412 g/mol. The van der Waals surface area contributed by atoms with E-state index in [-0.39, 0.29) is 23.8 Å². The van der Waals surface area contributed by atoms with E-state index in [1.807, 2.05) is 18.2 Å². The molecule has 9 nitrogen and oxygen atoms in total. The molecule has 32 heavy (non-hydrogen) atoms. The van der Waals surface area contributed by atoms with Crippen LogP contribution in [-0.4, -0.2) is 48.8 Å². The number of benzene rings is 2. The zero-order valence-electron chi connectivity index (χ0n) is 18.2. The number of aromatic amines is 1. The number of amides is 2. The van der Waals surface area contributed by atoms with Crippen molar-refractivity contribution >= 4 is 22.6 Å². The molecule has 9 heteroatoms. The van der Waals surface area contributed by atoms with Gasteiger partial charge in [0.25, 0.3) is 5.56 Å². The van der Waals surface area contributed by atoms with Crippen molar-refractivity contribution in [2.45, 2.75) is 25.8 Å². The summed E-state index contributed by atoms with van der Waals surface area (Å²) in [6, 6.07) is 11.8. The lowest BCUT2D eigenvalue weighted by atomic mass is 10.1. The van der Waals surface area contributed by atoms with Gasteiger partial charge in [0.15, 0.2) is 11.5 Å². The number of nitrogens with one attached hydrogen (secondary N) is 3. The fourth-order valence-electron chi connectivity index (χ4n) is 3.34. The number of carbonyl (C=O) groups is 2. The Hall–Kier alpha value is -3.88. The van der Waals surface area contributed by atoms with E-state index in [0.29, 0.717) is 40.9 Å². The van der Waals surface area contributed by atoms with Crippen LogP contribution in [0.3, 0.4) is 0 Å². The predicted octanol–water partition coefficient (Wildman–Crippen LogP) is 1.35. The molecule has 0 spiro atoms. The molecule has 0 fully saturated rings. The number of carbonyl (C=O) groups excluding carboxylic acids is 2. The number of aromatic nitrogens is 2. The largest absolute Gasteiger partial charge is 0.493 e. The summed E-state index contributed by atoms with van der Waals surface area (Å²) in [4.78, 5) is 36.7. The van der Waals surface area contributed by atoms with Gasteiger partial charge >= 0.3 is 0 Å². The maximum Gasteiger partial charge on any atom is 0.272 e. The van der Waals surface area contributed by atoms with Crippen molar-refractivity contribution in [2.75, 3.05) is 20.8 Å². The van der Waals surface area contributed by atoms with E-state index >= 15 is 0 Å². The van der Waals surface area contributed by atoms with Gasteiger partial charge in [-0.3, -0.25) is 14.4 Å². The minimum atomic E-state index is -0.720. The van der Waals surface area contributed by atoms with Crippen LogP contribution in [0, 0.1) is 0 Å². The molecule has 0 bridgehead atoms. The zero-order valence-corrected chi connectivity index (χ0v) is 18.2. The van der Waals surface area contributed by atoms with Crippen molar-refractivity contribution in [2.24, 2.45) is 0 Å². The highest BCUT2D eigenvalue weighted by Gasteiger charge is 2.17. The van der Waals surface area contributed by atoms with Gasteiger partial charge in [-0.25, -0.2) is 5.10 Å². The molecule has 0 saturated carbocycles. The summed E-state index contributed by atoms with van der Waals surface area (Å²) in [6.45, 7) is 2.02. The van der Waals surface area contributed by atoms with Gasteiger partial charge in [0.2, 0.25) is 11.8 Å². The van der Waals surface area contributed by atoms with Gasteiger partial charge in [-0.05, 0) is 37.1 Å². The Morgan fingerprint density at radius 2 is 1.78 bits per heavy atom. The van der Waals surface area contributed by atoms with Crippen LogP contribution < -0.4 is 25.7 Å². The molecule has 0 unspecified atom stereocenters. The maximum atomic E-state index is 12.4. The van der Waals surface area contributed by atoms with E-state index in [9.17, 15) is 14.4 Å². The molecule has 0 aliphatic heterocycles. The highest BCUT2D eigenvalue weighted by Crippen LogP contribution is 2.27. The zero-order chi connectivity index (χ0) is 23.1. The van der Waals surface area contributed by atoms with Crippen LogP contribution in [-0.2, 0) is 22.4 Å². The van der Waals surface area contributed by atoms with Crippen LogP contribution in [0.5, 0.6) is 11.5 Å². The first-order valence-corrected chi connectivity index (χ1v) is 10.2. The number of nitrogens with zero attached hydrogens (tertiary/aromatic N) is 1. The van der Waals surface area contributed by atoms with E-state index in [1.165, 1.54) is 0 Å². The topological polar surface area (TPSA) is 122 Å². The molecule has 0 aliphatic carbocycles. The first-order chi connectivity index (χ1) is 15.4. The Morgan fingerprint density at radius 1 is 1.06 bits per heavy atom. The maximum absolute atomic E-state index is 12.4. The number of H-pyrrole nitrogens is 1. The molecule has 0 radical (unpaired) electrons. The molecule has 3 aromatic rings. The SMILES string of the molecule is COc1ccc(CCNC(=O)[C@@H](C)NC(=O)Cc2n[nH]c(=O)c3ccccc23)cc1OC. The second-order valence-corrected chi connectivity index (χ2v) is 7.24. The van der Waals surface area contributed by atoms with Gasteiger partial charge < -0.3 is 20.1 Å². The molecule has 1 heterocycles. The molecule has 2 aromatic carbocycles. The van der Waals surface area contributed by atoms with E-state index in [2.05, 4.69) is 20.8 Å². The van der Waals surface area contributed by atoms with Crippen LogP contribution in [0.15, 0.2) is 47.3 Å². The Kier molecular flexibility index (Phi) is 7.43. The standard InChI is InChI=1S/C23H26N4O5/c1-14(22(29)24-11-10-15-8-9-19(31-2)20(12-15)32-3)25-21(28)13-18-16-6-4-5-7-17(16)23(30)27-26-18/h4-9,12,14H,10-11,13H2,1-3H3,(H,24,29)(H,25,28)(H,27,30)/t14-/m1/s1. The molecule has 0 saturated heterocycles. The van der Waals surface area contributed by atoms with Gasteiger partial charge in [-0.1, -0.05) is 24.3 Å². The number of hydrogen-bond donors (Lipinski definition) is 3. The lowest BCUT2D eigenvalue weighted by molar-refractivity contribution is -0.128. The Labute approximate surface area is 185 Å². The lowest BCUT2D eigenvalue weighted by Gasteiger charge is -2.15. The second-order valence-electron chi connectivity index (χ2n) is 7.24. The highest BCUT2D eigenvalue weighted by molar-refractivity contribution is 5.91. The fraction of sp³-hybridized carbons (Fsp3) is 0.304. The summed E-state index contributed by atoms with van der Waals surface area (Å²) in [6.07, 6.45) is 0.542. The summed E-state index contributed by atoms with van der Waals surface area (Å²) >= 11 is 0. The monoisotopic (exact) mass is 438 g/mol. The van der Waals surface area contributed by atoms with Crippen molar-refractivity contribution in [3.05, 3.63) is 64.1 Å². The fourth-order valence-corrected chi connectivity index (χ4v) is 3.34. The highest BCUT2D eigenvalue weighted by atomic mass is 16.5. The average Bonchev–Trinajstić information content (AvgIpc) is 2.80. The summed E-state index contributed by atoms with van der Waals surface area (Å²) in [5, 5.41) is 12.9. The van der Waals surface area contributed by atoms with Crippen molar-refractivity contribution in [3.8, 4) is 11.5 Å². The van der Waals surface area contributed by atoms with Crippen molar-refractivity contribution in [1.82, 2.24) is 20.8 Å². The summed E-state index contributed by atoms with van der Waals surface area (Å²) in [7, 11) is 3.14. The summed E-state index contributed by atoms with van der Waals surface area (Å²) in [5.41, 5.74) is 1.11. The van der Waals surface area contributed by atoms with Gasteiger partial charge in [0.05, 0.1) is 31.7 Å². The molecule has 1 aromatic heterocycles. The van der Waals surface area contributed by atoms with E-state index in [1.54, 1.807) is 45.4 Å². The molecule has 3 N–H and O–H groups in total. The molecular formula is C23H26N4O5. The van der Waals surface area contributed by atoms with Crippen molar-refractivity contribution < 1.29 is 19.1 Å². The molecule has 0 aliphatic rings. The van der Waals surface area contributed by atoms with Gasteiger partial charge in [-0.15, -0.1) is 0 Å². The summed E-state index contributed by atoms with van der Waals surface area (Å²) < 4.78 is 10.5. The second kappa shape index (κ2) is 10.4. The third-order valence-corrected chi connectivity index (χ3v) is 5.03. The average molecular weight is 438 g/mol. The molecule has 1 atom stereocenters. The first-order valence-electron chi connectivity index (χ1n) is 10.2. The van der Waals surface area contributed by atoms with Crippen LogP contribution in [0.1, 0.15) is 18.2 Å². The van der Waals surface area contributed by atoms with Crippen LogP contribution in [0.2, 0.25) is 0 Å². The molecule has 2 amide bonds. The third kappa shape index (κ3) is 5.42. The van der Waals surface area contributed by atoms with E-state index in [0.717, 1.165) is 5.56 Å². The van der Waals surface area contributed by atoms with Gasteiger partial charge in [0.1, 0.15) is 6.04 Å². The Balaban J connectivity index is 1.52. The first kappa shape index (κ1) is 22.8. The summed E-state index contributed by atoms with van der Waals surface area (Å²) in [5.74, 6) is 0.608. The minimum absolute atomic E-state index is 0.0550. The van der Waals surface area contributed by atoms with Crippen LogP contribution in [0.4, 0.5) is 0 Å². The predicted molar refractivity (Wildman–Crippen MR) is 120 cm³/mol. The quantitative estimate of drug-likeness (QED) is 0.464. The molecule has 168 valence electrons. The lowest BCUT2D eigenvalue weighted by Crippen LogP contribution is -2.45. The van der Waals surface area contributed by atoms with Crippen LogP contribution >= 0.6 is 0 Å². The number of ether oxygens (including phenoxy) is 2. The number of methoxy groups -OCH3 is 2. The number of fused-ring (bicyclic) bond motifs is 1. The van der Waals surface area contributed by atoms with E-state index in [4.69, 9.17) is 9.47 Å². The van der Waals surface area contributed by atoms with Crippen molar-refractivity contribution in [1.29, 1.82) is 0 Å². The Bertz CT molecular complexity index is 1170. The normalized spacial score (nSPS) is 11.6. The Morgan fingerprint density at radius 3 is 2.50 bits per heavy atom. The van der Waals surface area contributed by atoms with Crippen LogP contribution in [0.25, 0.3) is 10.8 Å². The number of hydrogen-bond acceptors (Lipinski definition) is 6. The molecule has 3 rings (SSSR count). The van der Waals surface area contributed by atoms with Gasteiger partial charge in [-0.2, -0.15) is 5.10 Å². The van der Waals surface area contributed by atoms with Crippen molar-refractivity contribution in [3.63, 3.8) is 0 Å². The number of rotatable bonds is 9. The van der Waals surface area contributed by atoms with Gasteiger partial charge in [0, 0.05) is 11.9 Å². The minimum Gasteiger partial charge on any atom is -0.493 e. The van der Waals surface area contributed by atoms with E-state index < -0.39 is 6.04 Å². The third-order valence-electron chi connectivity index (χ3n) is 5.03. The smallest absolute Gasteiger partial charge is 0.272 e.